The van der Waals surface area contributed by atoms with Gasteiger partial charge in [0, 0.05) is 18.8 Å². The molecule has 0 spiro atoms. The highest BCUT2D eigenvalue weighted by atomic mass is 35.5. The van der Waals surface area contributed by atoms with Crippen LogP contribution in [-0.2, 0) is 6.54 Å². The number of aryl methyl sites for hydroxylation is 1. The average Bonchev–Trinajstić information content (AvgIpc) is 3.06. The largest absolute Gasteiger partial charge is 0.346 e. The van der Waals surface area contributed by atoms with Crippen molar-refractivity contribution in [3.63, 3.8) is 0 Å². The SMILES string of the molecule is Cc1cc(CNC(=O)c2ccc(F)cc2Cl)nc(N2CCCC2)n1. The van der Waals surface area contributed by atoms with Gasteiger partial charge in [0.15, 0.2) is 0 Å². The number of halogens is 2. The van der Waals surface area contributed by atoms with Crippen molar-refractivity contribution >= 4 is 23.5 Å². The molecule has 5 nitrogen and oxygen atoms in total. The minimum atomic E-state index is -0.474. The van der Waals surface area contributed by atoms with Crippen LogP contribution in [0.3, 0.4) is 0 Å². The van der Waals surface area contributed by atoms with Gasteiger partial charge in [0.2, 0.25) is 5.95 Å². The highest BCUT2D eigenvalue weighted by Gasteiger charge is 2.16. The predicted molar refractivity (Wildman–Crippen MR) is 90.8 cm³/mol. The maximum absolute atomic E-state index is 13.1. The van der Waals surface area contributed by atoms with Crippen molar-refractivity contribution in [2.24, 2.45) is 0 Å². The molecule has 0 unspecified atom stereocenters. The van der Waals surface area contributed by atoms with Crippen molar-refractivity contribution in [2.75, 3.05) is 18.0 Å². The Kier molecular flexibility index (Phi) is 4.94. The second-order valence-corrected chi connectivity index (χ2v) is 6.21. The fourth-order valence-electron chi connectivity index (χ4n) is 2.71. The van der Waals surface area contributed by atoms with Crippen LogP contribution in [0, 0.1) is 12.7 Å². The molecule has 24 heavy (non-hydrogen) atoms. The zero-order valence-electron chi connectivity index (χ0n) is 13.4. The van der Waals surface area contributed by atoms with Gasteiger partial charge in [0.1, 0.15) is 5.82 Å². The molecule has 3 rings (SSSR count). The number of anilines is 1. The molecule has 126 valence electrons. The van der Waals surface area contributed by atoms with Gasteiger partial charge < -0.3 is 10.2 Å². The van der Waals surface area contributed by atoms with E-state index in [0.29, 0.717) is 5.95 Å². The van der Waals surface area contributed by atoms with Gasteiger partial charge in [-0.05, 0) is 44.0 Å². The van der Waals surface area contributed by atoms with Crippen molar-refractivity contribution in [1.82, 2.24) is 15.3 Å². The topological polar surface area (TPSA) is 58.1 Å². The first-order valence-corrected chi connectivity index (χ1v) is 8.23. The van der Waals surface area contributed by atoms with Crippen molar-refractivity contribution < 1.29 is 9.18 Å². The molecule has 2 heterocycles. The minimum Gasteiger partial charge on any atom is -0.346 e. The van der Waals surface area contributed by atoms with Crippen molar-refractivity contribution in [2.45, 2.75) is 26.3 Å². The Morgan fingerprint density at radius 1 is 1.29 bits per heavy atom. The zero-order valence-corrected chi connectivity index (χ0v) is 14.1. The summed E-state index contributed by atoms with van der Waals surface area (Å²) < 4.78 is 13.1. The summed E-state index contributed by atoms with van der Waals surface area (Å²) >= 11 is 5.91. The fourth-order valence-corrected chi connectivity index (χ4v) is 2.96. The Bertz CT molecular complexity index is 762. The molecule has 0 bridgehead atoms. The van der Waals surface area contributed by atoms with E-state index in [-0.39, 0.29) is 23.0 Å². The quantitative estimate of drug-likeness (QED) is 0.922. The van der Waals surface area contributed by atoms with Gasteiger partial charge in [-0.15, -0.1) is 0 Å². The summed E-state index contributed by atoms with van der Waals surface area (Å²) in [7, 11) is 0. The number of aromatic nitrogens is 2. The second-order valence-electron chi connectivity index (χ2n) is 5.80. The van der Waals surface area contributed by atoms with Crippen LogP contribution in [0.15, 0.2) is 24.3 Å². The Morgan fingerprint density at radius 2 is 2.04 bits per heavy atom. The maximum atomic E-state index is 13.1. The molecule has 0 saturated carbocycles. The molecule has 1 amide bonds. The van der Waals surface area contributed by atoms with Crippen LogP contribution >= 0.6 is 11.6 Å². The Hall–Kier alpha value is -2.21. The number of benzene rings is 1. The molecule has 1 fully saturated rings. The minimum absolute atomic E-state index is 0.0872. The summed E-state index contributed by atoms with van der Waals surface area (Å²) in [5.41, 5.74) is 1.83. The molecule has 1 aromatic heterocycles. The normalized spacial score (nSPS) is 14.0. The first-order valence-electron chi connectivity index (χ1n) is 7.86. The number of hydrogen-bond acceptors (Lipinski definition) is 4. The number of carbonyl (C=O) groups is 1. The van der Waals surface area contributed by atoms with Crippen LogP contribution in [-0.4, -0.2) is 29.0 Å². The lowest BCUT2D eigenvalue weighted by Crippen LogP contribution is -2.25. The monoisotopic (exact) mass is 348 g/mol. The first-order chi connectivity index (χ1) is 11.5. The summed E-state index contributed by atoms with van der Waals surface area (Å²) in [4.78, 5) is 23.3. The second kappa shape index (κ2) is 7.13. The van der Waals surface area contributed by atoms with E-state index in [4.69, 9.17) is 11.6 Å². The lowest BCUT2D eigenvalue weighted by Gasteiger charge is -2.16. The van der Waals surface area contributed by atoms with Crippen LogP contribution in [0.5, 0.6) is 0 Å². The van der Waals surface area contributed by atoms with Gasteiger partial charge in [-0.3, -0.25) is 4.79 Å². The van der Waals surface area contributed by atoms with Gasteiger partial charge in [0.25, 0.3) is 5.91 Å². The Balaban J connectivity index is 1.70. The third-order valence-electron chi connectivity index (χ3n) is 3.89. The molecule has 1 saturated heterocycles. The number of nitrogens with one attached hydrogen (secondary N) is 1. The number of amides is 1. The maximum Gasteiger partial charge on any atom is 0.253 e. The van der Waals surface area contributed by atoms with Crippen LogP contribution in [0.25, 0.3) is 0 Å². The van der Waals surface area contributed by atoms with E-state index in [9.17, 15) is 9.18 Å². The number of rotatable bonds is 4. The summed E-state index contributed by atoms with van der Waals surface area (Å²) in [5, 5.41) is 2.85. The molecule has 0 radical (unpaired) electrons. The Labute approximate surface area is 144 Å². The van der Waals surface area contributed by atoms with E-state index in [1.54, 1.807) is 0 Å². The first kappa shape index (κ1) is 16.6. The summed E-state index contributed by atoms with van der Waals surface area (Å²) in [6.45, 7) is 4.08. The van der Waals surface area contributed by atoms with E-state index < -0.39 is 5.82 Å². The molecule has 1 N–H and O–H groups in total. The highest BCUT2D eigenvalue weighted by molar-refractivity contribution is 6.33. The molecular weight excluding hydrogens is 331 g/mol. The molecule has 1 aromatic carbocycles. The lowest BCUT2D eigenvalue weighted by molar-refractivity contribution is 0.0950. The predicted octanol–water partition coefficient (Wildman–Crippen LogP) is 3.11. The molecule has 2 aromatic rings. The van der Waals surface area contributed by atoms with Gasteiger partial charge in [-0.2, -0.15) is 0 Å². The van der Waals surface area contributed by atoms with Gasteiger partial charge in [0.05, 0.1) is 22.8 Å². The molecule has 1 aliphatic rings. The third kappa shape index (κ3) is 3.82. The summed E-state index contributed by atoms with van der Waals surface area (Å²) in [5.74, 6) is -0.131. The third-order valence-corrected chi connectivity index (χ3v) is 4.20. The van der Waals surface area contributed by atoms with E-state index in [1.165, 1.54) is 12.1 Å². The fraction of sp³-hybridized carbons (Fsp3) is 0.353. The molecule has 0 aliphatic carbocycles. The van der Waals surface area contributed by atoms with Crippen molar-refractivity contribution in [3.05, 3.63) is 52.1 Å². The number of nitrogens with zero attached hydrogens (tertiary/aromatic N) is 3. The lowest BCUT2D eigenvalue weighted by atomic mass is 10.2. The van der Waals surface area contributed by atoms with Crippen LogP contribution in [0.4, 0.5) is 10.3 Å². The van der Waals surface area contributed by atoms with E-state index in [1.807, 2.05) is 13.0 Å². The standard InChI is InChI=1S/C17H18ClFN4O/c1-11-8-13(22-17(21-11)23-6-2-3-7-23)10-20-16(24)14-5-4-12(19)9-15(14)18/h4-5,8-9H,2-3,6-7,10H2,1H3,(H,20,24). The van der Waals surface area contributed by atoms with E-state index in [2.05, 4.69) is 20.2 Å². The van der Waals surface area contributed by atoms with Crippen LogP contribution < -0.4 is 10.2 Å². The highest BCUT2D eigenvalue weighted by Crippen LogP contribution is 2.18. The average molecular weight is 349 g/mol. The smallest absolute Gasteiger partial charge is 0.253 e. The van der Waals surface area contributed by atoms with Crippen molar-refractivity contribution in [1.29, 1.82) is 0 Å². The zero-order chi connectivity index (χ0) is 17.1. The number of carbonyl (C=O) groups excluding carboxylic acids is 1. The van der Waals surface area contributed by atoms with E-state index >= 15 is 0 Å². The summed E-state index contributed by atoms with van der Waals surface area (Å²) in [6, 6.07) is 5.54. The number of hydrogen-bond donors (Lipinski definition) is 1. The van der Waals surface area contributed by atoms with E-state index in [0.717, 1.165) is 43.4 Å². The summed E-state index contributed by atoms with van der Waals surface area (Å²) in [6.07, 6.45) is 2.29. The molecular formula is C17H18ClFN4O. The Morgan fingerprint density at radius 3 is 2.75 bits per heavy atom. The van der Waals surface area contributed by atoms with Gasteiger partial charge in [-0.1, -0.05) is 11.6 Å². The van der Waals surface area contributed by atoms with Gasteiger partial charge >= 0.3 is 0 Å². The molecule has 0 atom stereocenters. The van der Waals surface area contributed by atoms with Crippen LogP contribution in [0.1, 0.15) is 34.6 Å². The molecule has 1 aliphatic heterocycles. The molecule has 7 heteroatoms. The van der Waals surface area contributed by atoms with Gasteiger partial charge in [-0.25, -0.2) is 14.4 Å². The van der Waals surface area contributed by atoms with Crippen molar-refractivity contribution in [3.8, 4) is 0 Å². The van der Waals surface area contributed by atoms with Crippen LogP contribution in [0.2, 0.25) is 5.02 Å².